The van der Waals surface area contributed by atoms with Crippen molar-refractivity contribution in [2.24, 2.45) is 0 Å². The minimum Gasteiger partial charge on any atom is -0.326 e. The smallest absolute Gasteiger partial charge is 0.242 e. The molecule has 0 saturated heterocycles. The van der Waals surface area contributed by atoms with E-state index in [1.165, 1.54) is 26.0 Å². The van der Waals surface area contributed by atoms with Crippen molar-refractivity contribution < 1.29 is 18.0 Å². The van der Waals surface area contributed by atoms with E-state index in [1.807, 2.05) is 6.92 Å². The number of benzene rings is 2. The maximum atomic E-state index is 12.3. The second-order valence-corrected chi connectivity index (χ2v) is 7.62. The molecular formula is C18H21N3O4S. The topological polar surface area (TPSA) is 104 Å². The molecule has 0 unspecified atom stereocenters. The van der Waals surface area contributed by atoms with Gasteiger partial charge in [-0.2, -0.15) is 4.72 Å². The van der Waals surface area contributed by atoms with Gasteiger partial charge in [-0.05, 0) is 44.2 Å². The molecule has 138 valence electrons. The summed E-state index contributed by atoms with van der Waals surface area (Å²) >= 11 is 0. The van der Waals surface area contributed by atoms with Crippen LogP contribution in [0, 0.1) is 6.92 Å². The van der Waals surface area contributed by atoms with Gasteiger partial charge >= 0.3 is 0 Å². The Kier molecular flexibility index (Phi) is 6.12. The number of amides is 2. The molecule has 8 heteroatoms. The second kappa shape index (κ2) is 8.11. The van der Waals surface area contributed by atoms with Crippen LogP contribution in [0.3, 0.4) is 0 Å². The second-order valence-electron chi connectivity index (χ2n) is 5.91. The number of sulfonamides is 1. The Morgan fingerprint density at radius 3 is 2.12 bits per heavy atom. The number of hydrogen-bond acceptors (Lipinski definition) is 4. The molecule has 0 aliphatic carbocycles. The van der Waals surface area contributed by atoms with E-state index < -0.39 is 22.0 Å². The van der Waals surface area contributed by atoms with Crippen LogP contribution in [0.2, 0.25) is 0 Å². The minimum absolute atomic E-state index is 0.0930. The number of anilines is 2. The Morgan fingerprint density at radius 2 is 1.54 bits per heavy atom. The van der Waals surface area contributed by atoms with Crippen LogP contribution < -0.4 is 15.4 Å². The van der Waals surface area contributed by atoms with E-state index in [0.29, 0.717) is 11.4 Å². The van der Waals surface area contributed by atoms with Crippen molar-refractivity contribution in [2.75, 3.05) is 10.6 Å². The van der Waals surface area contributed by atoms with E-state index in [0.717, 1.165) is 5.56 Å². The van der Waals surface area contributed by atoms with Crippen molar-refractivity contribution in [1.82, 2.24) is 4.72 Å². The summed E-state index contributed by atoms with van der Waals surface area (Å²) in [7, 11) is -3.81. The van der Waals surface area contributed by atoms with Gasteiger partial charge in [0.1, 0.15) is 0 Å². The molecule has 0 fully saturated rings. The first-order valence-electron chi connectivity index (χ1n) is 7.95. The third kappa shape index (κ3) is 5.40. The molecule has 0 aliphatic rings. The molecule has 2 aromatic carbocycles. The predicted molar refractivity (Wildman–Crippen MR) is 100 cm³/mol. The fraction of sp³-hybridized carbons (Fsp3) is 0.222. The zero-order chi connectivity index (χ0) is 19.3. The maximum Gasteiger partial charge on any atom is 0.242 e. The minimum atomic E-state index is -3.81. The lowest BCUT2D eigenvalue weighted by Crippen LogP contribution is -2.41. The molecule has 2 amide bonds. The molecule has 0 heterocycles. The summed E-state index contributed by atoms with van der Waals surface area (Å²) < 4.78 is 27.0. The Balaban J connectivity index is 2.05. The van der Waals surface area contributed by atoms with Gasteiger partial charge in [0.15, 0.2) is 0 Å². The van der Waals surface area contributed by atoms with Crippen LogP contribution >= 0.6 is 0 Å². The molecule has 26 heavy (non-hydrogen) atoms. The SMILES string of the molecule is CC(=O)Nc1cccc(NC(=O)[C@H](C)NS(=O)(=O)c2ccc(C)cc2)c1. The van der Waals surface area contributed by atoms with Crippen molar-refractivity contribution in [3.05, 3.63) is 54.1 Å². The fourth-order valence-corrected chi connectivity index (χ4v) is 3.40. The van der Waals surface area contributed by atoms with Crippen LogP contribution in [0.1, 0.15) is 19.4 Å². The molecule has 7 nitrogen and oxygen atoms in total. The van der Waals surface area contributed by atoms with Gasteiger partial charge in [-0.3, -0.25) is 9.59 Å². The molecule has 0 aromatic heterocycles. The first-order valence-corrected chi connectivity index (χ1v) is 9.43. The molecule has 2 rings (SSSR count). The number of nitrogens with one attached hydrogen (secondary N) is 3. The molecule has 2 aromatic rings. The number of carbonyl (C=O) groups is 2. The molecule has 0 saturated carbocycles. The third-order valence-electron chi connectivity index (χ3n) is 3.51. The van der Waals surface area contributed by atoms with Crippen LogP contribution in [0.4, 0.5) is 11.4 Å². The average Bonchev–Trinajstić information content (AvgIpc) is 2.54. The van der Waals surface area contributed by atoms with Crippen molar-refractivity contribution in [1.29, 1.82) is 0 Å². The number of hydrogen-bond donors (Lipinski definition) is 3. The zero-order valence-corrected chi connectivity index (χ0v) is 15.6. The Bertz CT molecular complexity index is 908. The highest BCUT2D eigenvalue weighted by Crippen LogP contribution is 2.16. The van der Waals surface area contributed by atoms with Crippen LogP contribution in [0.25, 0.3) is 0 Å². The molecule has 1 atom stereocenters. The van der Waals surface area contributed by atoms with E-state index >= 15 is 0 Å². The van der Waals surface area contributed by atoms with E-state index in [1.54, 1.807) is 36.4 Å². The van der Waals surface area contributed by atoms with Crippen LogP contribution in [-0.4, -0.2) is 26.3 Å². The highest BCUT2D eigenvalue weighted by atomic mass is 32.2. The Labute approximate surface area is 152 Å². The largest absolute Gasteiger partial charge is 0.326 e. The van der Waals surface area contributed by atoms with Crippen LogP contribution in [0.5, 0.6) is 0 Å². The maximum absolute atomic E-state index is 12.3. The van der Waals surface area contributed by atoms with E-state index in [-0.39, 0.29) is 10.8 Å². The van der Waals surface area contributed by atoms with Crippen LogP contribution in [0.15, 0.2) is 53.4 Å². The molecule has 0 bridgehead atoms. The van der Waals surface area contributed by atoms with E-state index in [9.17, 15) is 18.0 Å². The van der Waals surface area contributed by atoms with Crippen LogP contribution in [-0.2, 0) is 19.6 Å². The monoisotopic (exact) mass is 375 g/mol. The van der Waals surface area contributed by atoms with Gasteiger partial charge in [0.2, 0.25) is 21.8 Å². The quantitative estimate of drug-likeness (QED) is 0.720. The van der Waals surface area contributed by atoms with Crippen molar-refractivity contribution >= 4 is 33.2 Å². The first kappa shape index (κ1) is 19.6. The summed E-state index contributed by atoms with van der Waals surface area (Å²) in [4.78, 5) is 23.5. The highest BCUT2D eigenvalue weighted by molar-refractivity contribution is 7.89. The van der Waals surface area contributed by atoms with Crippen molar-refractivity contribution in [3.63, 3.8) is 0 Å². The Hall–Kier alpha value is -2.71. The van der Waals surface area contributed by atoms with Gasteiger partial charge < -0.3 is 10.6 Å². The Morgan fingerprint density at radius 1 is 0.962 bits per heavy atom. The standard InChI is InChI=1S/C18H21N3O4S/c1-12-7-9-17(10-8-12)26(24,25)21-13(2)18(23)20-16-6-4-5-15(11-16)19-14(3)22/h4-11,13,21H,1-3H3,(H,19,22)(H,20,23)/t13-/m0/s1. The molecule has 0 aliphatic heterocycles. The lowest BCUT2D eigenvalue weighted by molar-refractivity contribution is -0.117. The average molecular weight is 375 g/mol. The molecular weight excluding hydrogens is 354 g/mol. The summed E-state index contributed by atoms with van der Waals surface area (Å²) in [5.41, 5.74) is 1.92. The van der Waals surface area contributed by atoms with E-state index in [2.05, 4.69) is 15.4 Å². The lowest BCUT2D eigenvalue weighted by Gasteiger charge is -2.15. The number of rotatable bonds is 6. The first-order chi connectivity index (χ1) is 12.2. The van der Waals surface area contributed by atoms with Gasteiger partial charge in [0, 0.05) is 18.3 Å². The molecule has 0 radical (unpaired) electrons. The van der Waals surface area contributed by atoms with Gasteiger partial charge in [-0.25, -0.2) is 8.42 Å². The predicted octanol–water partition coefficient (Wildman–Crippen LogP) is 2.26. The van der Waals surface area contributed by atoms with Crippen molar-refractivity contribution in [2.45, 2.75) is 31.7 Å². The number of carbonyl (C=O) groups excluding carboxylic acids is 2. The summed E-state index contributed by atoms with van der Waals surface area (Å²) in [5, 5.41) is 5.23. The van der Waals surface area contributed by atoms with Gasteiger partial charge in [-0.1, -0.05) is 23.8 Å². The number of aryl methyl sites for hydroxylation is 1. The summed E-state index contributed by atoms with van der Waals surface area (Å²) in [6.45, 7) is 4.70. The van der Waals surface area contributed by atoms with Crippen molar-refractivity contribution in [3.8, 4) is 0 Å². The van der Waals surface area contributed by atoms with Gasteiger partial charge in [-0.15, -0.1) is 0 Å². The molecule has 3 N–H and O–H groups in total. The molecule has 0 spiro atoms. The summed E-state index contributed by atoms with van der Waals surface area (Å²) in [5.74, 6) is -0.742. The highest BCUT2D eigenvalue weighted by Gasteiger charge is 2.22. The van der Waals surface area contributed by atoms with E-state index in [4.69, 9.17) is 0 Å². The summed E-state index contributed by atoms with van der Waals surface area (Å²) in [6, 6.07) is 11.9. The zero-order valence-electron chi connectivity index (χ0n) is 14.7. The summed E-state index contributed by atoms with van der Waals surface area (Å²) in [6.07, 6.45) is 0. The lowest BCUT2D eigenvalue weighted by atomic mass is 10.2. The normalized spacial score (nSPS) is 12.3. The third-order valence-corrected chi connectivity index (χ3v) is 5.06. The fourth-order valence-electron chi connectivity index (χ4n) is 2.20. The van der Waals surface area contributed by atoms with Gasteiger partial charge in [0.25, 0.3) is 0 Å². The van der Waals surface area contributed by atoms with Gasteiger partial charge in [0.05, 0.1) is 10.9 Å².